The number of halogens is 2. The van der Waals surface area contributed by atoms with Crippen LogP contribution in [0.1, 0.15) is 21.6 Å². The fraction of sp³-hybridized carbons (Fsp3) is 0.143. The Morgan fingerprint density at radius 2 is 1.93 bits per heavy atom. The number of nitrogens with one attached hydrogen (secondary N) is 1. The van der Waals surface area contributed by atoms with Crippen LogP contribution in [0.15, 0.2) is 60.8 Å². The van der Waals surface area contributed by atoms with Gasteiger partial charge in [-0.1, -0.05) is 35.9 Å². The van der Waals surface area contributed by atoms with Crippen LogP contribution in [0, 0.1) is 5.82 Å². The monoisotopic (exact) mass is 381 g/mol. The molecule has 1 amide bonds. The van der Waals surface area contributed by atoms with Crippen molar-refractivity contribution in [3.63, 3.8) is 0 Å². The summed E-state index contributed by atoms with van der Waals surface area (Å²) < 4.78 is 13.2. The van der Waals surface area contributed by atoms with Gasteiger partial charge in [-0.05, 0) is 47.9 Å². The standard InChI is InChI=1S/C21H17ClFN3O/c22-18-11-16(5-7-19(18)23)25-21(27)20-8-6-17(12-24-20)26-10-9-14-3-1-2-4-15(14)13-26/h1-8,11-12H,9-10,13H2,(H,25,27). The number of rotatable bonds is 3. The molecule has 0 saturated heterocycles. The second-order valence-electron chi connectivity index (χ2n) is 6.42. The van der Waals surface area contributed by atoms with E-state index < -0.39 is 5.82 Å². The normalized spacial score (nSPS) is 13.2. The highest BCUT2D eigenvalue weighted by atomic mass is 35.5. The van der Waals surface area contributed by atoms with Crippen molar-refractivity contribution in [3.8, 4) is 0 Å². The maximum absolute atomic E-state index is 13.2. The lowest BCUT2D eigenvalue weighted by molar-refractivity contribution is 0.102. The Morgan fingerprint density at radius 1 is 1.11 bits per heavy atom. The van der Waals surface area contributed by atoms with Crippen LogP contribution < -0.4 is 10.2 Å². The zero-order valence-electron chi connectivity index (χ0n) is 14.5. The molecule has 0 bridgehead atoms. The molecule has 1 aliphatic rings. The number of hydrogen-bond acceptors (Lipinski definition) is 3. The number of hydrogen-bond donors (Lipinski definition) is 1. The summed E-state index contributed by atoms with van der Waals surface area (Å²) in [6.45, 7) is 1.75. The van der Waals surface area contributed by atoms with Crippen LogP contribution in [0.4, 0.5) is 15.8 Å². The zero-order chi connectivity index (χ0) is 18.8. The molecule has 4 rings (SSSR count). The number of benzene rings is 2. The molecule has 2 heterocycles. The fourth-order valence-electron chi connectivity index (χ4n) is 3.19. The Kier molecular flexibility index (Phi) is 4.77. The van der Waals surface area contributed by atoms with E-state index in [1.54, 1.807) is 12.3 Å². The molecule has 0 atom stereocenters. The molecule has 0 radical (unpaired) electrons. The van der Waals surface area contributed by atoms with Gasteiger partial charge in [0.15, 0.2) is 0 Å². The second kappa shape index (κ2) is 7.37. The average Bonchev–Trinajstić information content (AvgIpc) is 2.70. The summed E-state index contributed by atoms with van der Waals surface area (Å²) in [7, 11) is 0. The molecule has 3 aromatic rings. The molecule has 2 aromatic carbocycles. The smallest absolute Gasteiger partial charge is 0.274 e. The van der Waals surface area contributed by atoms with Gasteiger partial charge in [0.25, 0.3) is 5.91 Å². The van der Waals surface area contributed by atoms with Gasteiger partial charge in [-0.2, -0.15) is 0 Å². The summed E-state index contributed by atoms with van der Waals surface area (Å²) >= 11 is 5.74. The minimum atomic E-state index is -0.528. The number of fused-ring (bicyclic) bond motifs is 1. The second-order valence-corrected chi connectivity index (χ2v) is 6.83. The molecular weight excluding hydrogens is 365 g/mol. The highest BCUT2D eigenvalue weighted by Crippen LogP contribution is 2.24. The third kappa shape index (κ3) is 3.78. The van der Waals surface area contributed by atoms with Gasteiger partial charge in [0.2, 0.25) is 0 Å². The summed E-state index contributed by atoms with van der Waals surface area (Å²) in [4.78, 5) is 18.9. The van der Waals surface area contributed by atoms with Gasteiger partial charge in [0, 0.05) is 18.8 Å². The largest absolute Gasteiger partial charge is 0.366 e. The summed E-state index contributed by atoms with van der Waals surface area (Å²) in [5, 5.41) is 2.63. The topological polar surface area (TPSA) is 45.2 Å². The van der Waals surface area contributed by atoms with E-state index in [0.29, 0.717) is 5.69 Å². The third-order valence-corrected chi connectivity index (χ3v) is 4.94. The molecule has 27 heavy (non-hydrogen) atoms. The number of aromatic nitrogens is 1. The van der Waals surface area contributed by atoms with E-state index in [1.165, 1.54) is 29.3 Å². The van der Waals surface area contributed by atoms with Crippen molar-refractivity contribution < 1.29 is 9.18 Å². The fourth-order valence-corrected chi connectivity index (χ4v) is 3.37. The minimum Gasteiger partial charge on any atom is -0.366 e. The molecule has 6 heteroatoms. The van der Waals surface area contributed by atoms with Gasteiger partial charge in [-0.3, -0.25) is 4.79 Å². The minimum absolute atomic E-state index is 0.0403. The van der Waals surface area contributed by atoms with Crippen LogP contribution in [0.25, 0.3) is 0 Å². The molecule has 1 N–H and O–H groups in total. The van der Waals surface area contributed by atoms with Crippen LogP contribution in [0.2, 0.25) is 5.02 Å². The molecular formula is C21H17ClFN3O. The molecule has 136 valence electrons. The first kappa shape index (κ1) is 17.5. The number of amides is 1. The molecule has 1 aromatic heterocycles. The predicted octanol–water partition coefficient (Wildman–Crippen LogP) is 4.69. The average molecular weight is 382 g/mol. The van der Waals surface area contributed by atoms with Gasteiger partial charge in [-0.25, -0.2) is 9.37 Å². The molecule has 0 aliphatic carbocycles. The van der Waals surface area contributed by atoms with Crippen molar-refractivity contribution in [2.24, 2.45) is 0 Å². The van der Waals surface area contributed by atoms with Crippen molar-refractivity contribution in [2.75, 3.05) is 16.8 Å². The molecule has 0 unspecified atom stereocenters. The number of pyridine rings is 1. The Balaban J connectivity index is 1.46. The lowest BCUT2D eigenvalue weighted by atomic mass is 10.00. The van der Waals surface area contributed by atoms with E-state index in [2.05, 4.69) is 39.5 Å². The van der Waals surface area contributed by atoms with Gasteiger partial charge in [-0.15, -0.1) is 0 Å². The summed E-state index contributed by atoms with van der Waals surface area (Å²) in [6, 6.07) is 16.1. The van der Waals surface area contributed by atoms with E-state index >= 15 is 0 Å². The van der Waals surface area contributed by atoms with Crippen molar-refractivity contribution in [1.29, 1.82) is 0 Å². The van der Waals surface area contributed by atoms with Gasteiger partial charge >= 0.3 is 0 Å². The maximum atomic E-state index is 13.2. The van der Waals surface area contributed by atoms with Crippen molar-refractivity contribution in [2.45, 2.75) is 13.0 Å². The highest BCUT2D eigenvalue weighted by molar-refractivity contribution is 6.31. The number of carbonyl (C=O) groups is 1. The van der Waals surface area contributed by atoms with Crippen LogP contribution in [-0.2, 0) is 13.0 Å². The van der Waals surface area contributed by atoms with Gasteiger partial charge in [0.1, 0.15) is 11.5 Å². The van der Waals surface area contributed by atoms with E-state index in [1.807, 2.05) is 6.07 Å². The Bertz CT molecular complexity index is 991. The first-order valence-electron chi connectivity index (χ1n) is 8.64. The lowest BCUT2D eigenvalue weighted by Gasteiger charge is -2.30. The van der Waals surface area contributed by atoms with Crippen LogP contribution in [0.3, 0.4) is 0 Å². The molecule has 0 saturated carbocycles. The van der Waals surface area contributed by atoms with Crippen LogP contribution >= 0.6 is 11.6 Å². The summed E-state index contributed by atoms with van der Waals surface area (Å²) in [6.07, 6.45) is 2.70. The first-order chi connectivity index (χ1) is 13.1. The van der Waals surface area contributed by atoms with Crippen molar-refractivity contribution in [1.82, 2.24) is 4.98 Å². The number of carbonyl (C=O) groups excluding carboxylic acids is 1. The molecule has 0 spiro atoms. The molecule has 0 fully saturated rings. The quantitative estimate of drug-likeness (QED) is 0.716. The number of anilines is 2. The van der Waals surface area contributed by atoms with E-state index in [0.717, 1.165) is 25.2 Å². The molecule has 4 nitrogen and oxygen atoms in total. The van der Waals surface area contributed by atoms with E-state index in [9.17, 15) is 9.18 Å². The Labute approximate surface area is 161 Å². The van der Waals surface area contributed by atoms with Gasteiger partial charge in [0.05, 0.1) is 16.9 Å². The zero-order valence-corrected chi connectivity index (χ0v) is 15.2. The number of nitrogens with zero attached hydrogens (tertiary/aromatic N) is 2. The van der Waals surface area contributed by atoms with Gasteiger partial charge < -0.3 is 10.2 Å². The maximum Gasteiger partial charge on any atom is 0.274 e. The Morgan fingerprint density at radius 3 is 2.67 bits per heavy atom. The third-order valence-electron chi connectivity index (χ3n) is 4.65. The highest BCUT2D eigenvalue weighted by Gasteiger charge is 2.17. The first-order valence-corrected chi connectivity index (χ1v) is 9.02. The van der Waals surface area contributed by atoms with Crippen LogP contribution in [0.5, 0.6) is 0 Å². The van der Waals surface area contributed by atoms with E-state index in [4.69, 9.17) is 11.6 Å². The summed E-state index contributed by atoms with van der Waals surface area (Å²) in [5.41, 5.74) is 4.39. The SMILES string of the molecule is O=C(Nc1ccc(F)c(Cl)c1)c1ccc(N2CCc3ccccc3C2)cn1. The molecule has 1 aliphatic heterocycles. The van der Waals surface area contributed by atoms with E-state index in [-0.39, 0.29) is 16.6 Å². The lowest BCUT2D eigenvalue weighted by Crippen LogP contribution is -2.30. The predicted molar refractivity (Wildman–Crippen MR) is 105 cm³/mol. The van der Waals surface area contributed by atoms with Crippen LogP contribution in [-0.4, -0.2) is 17.4 Å². The van der Waals surface area contributed by atoms with Crippen molar-refractivity contribution >= 4 is 28.9 Å². The Hall–Kier alpha value is -2.92. The van der Waals surface area contributed by atoms with Crippen molar-refractivity contribution in [3.05, 3.63) is 88.5 Å². The summed E-state index contributed by atoms with van der Waals surface area (Å²) in [5.74, 6) is -0.895.